The lowest BCUT2D eigenvalue weighted by Gasteiger charge is -2.07. The first-order valence-electron chi connectivity index (χ1n) is 6.41. The van der Waals surface area contributed by atoms with Crippen molar-refractivity contribution in [2.45, 2.75) is 25.8 Å². The van der Waals surface area contributed by atoms with Crippen LogP contribution >= 0.6 is 0 Å². The molecule has 19 heavy (non-hydrogen) atoms. The molecule has 5 nitrogen and oxygen atoms in total. The van der Waals surface area contributed by atoms with Gasteiger partial charge in [-0.05, 0) is 38.0 Å². The first-order valence-corrected chi connectivity index (χ1v) is 6.41. The lowest BCUT2D eigenvalue weighted by atomic mass is 10.1. The molecule has 0 fully saturated rings. The zero-order valence-corrected chi connectivity index (χ0v) is 11.0. The number of carbonyl (C=O) groups is 1. The fraction of sp³-hybridized carbons (Fsp3) is 0.357. The standard InChI is InChI=1S/C14H18N4O/c1-10(15)3-2-6-18-14(19)11-4-5-12-13(9-11)17-8-7-16-12/h4-5,7-10H,2-3,6,15H2,1H3,(H,18,19). The van der Waals surface area contributed by atoms with Gasteiger partial charge in [-0.25, -0.2) is 0 Å². The second-order valence-electron chi connectivity index (χ2n) is 4.64. The maximum absolute atomic E-state index is 11.9. The average Bonchev–Trinajstić information content (AvgIpc) is 2.42. The Balaban J connectivity index is 1.97. The fourth-order valence-electron chi connectivity index (χ4n) is 1.83. The predicted molar refractivity (Wildman–Crippen MR) is 74.8 cm³/mol. The fourth-order valence-corrected chi connectivity index (χ4v) is 1.83. The van der Waals surface area contributed by atoms with E-state index in [0.29, 0.717) is 12.1 Å². The lowest BCUT2D eigenvalue weighted by Crippen LogP contribution is -2.26. The number of hydrogen-bond acceptors (Lipinski definition) is 4. The van der Waals surface area contributed by atoms with E-state index in [1.807, 2.05) is 6.92 Å². The Kier molecular flexibility index (Phi) is 4.41. The maximum Gasteiger partial charge on any atom is 0.251 e. The van der Waals surface area contributed by atoms with Crippen molar-refractivity contribution in [3.8, 4) is 0 Å². The number of aromatic nitrogens is 2. The molecule has 3 N–H and O–H groups in total. The summed E-state index contributed by atoms with van der Waals surface area (Å²) in [5, 5.41) is 2.88. The van der Waals surface area contributed by atoms with Crippen molar-refractivity contribution in [1.82, 2.24) is 15.3 Å². The number of rotatable bonds is 5. The number of nitrogens with zero attached hydrogens (tertiary/aromatic N) is 2. The summed E-state index contributed by atoms with van der Waals surface area (Å²) in [7, 11) is 0. The van der Waals surface area contributed by atoms with Crippen molar-refractivity contribution in [3.05, 3.63) is 36.2 Å². The topological polar surface area (TPSA) is 80.9 Å². The molecule has 0 aliphatic rings. The molecule has 0 radical (unpaired) electrons. The van der Waals surface area contributed by atoms with Crippen molar-refractivity contribution >= 4 is 16.9 Å². The third kappa shape index (κ3) is 3.72. The average molecular weight is 258 g/mol. The smallest absolute Gasteiger partial charge is 0.251 e. The largest absolute Gasteiger partial charge is 0.352 e. The van der Waals surface area contributed by atoms with Crippen molar-refractivity contribution < 1.29 is 4.79 Å². The zero-order chi connectivity index (χ0) is 13.7. The third-order valence-corrected chi connectivity index (χ3v) is 2.85. The lowest BCUT2D eigenvalue weighted by molar-refractivity contribution is 0.0953. The molecule has 1 amide bonds. The molecular formula is C14H18N4O. The number of benzene rings is 1. The molecule has 1 aromatic heterocycles. The van der Waals surface area contributed by atoms with E-state index in [-0.39, 0.29) is 11.9 Å². The minimum absolute atomic E-state index is 0.0859. The molecule has 100 valence electrons. The number of nitrogens with two attached hydrogens (primary N) is 1. The Morgan fingerprint density at radius 2 is 2.05 bits per heavy atom. The molecule has 1 atom stereocenters. The summed E-state index contributed by atoms with van der Waals surface area (Å²) in [5.41, 5.74) is 7.78. The Hall–Kier alpha value is -2.01. The van der Waals surface area contributed by atoms with Crippen LogP contribution in [0.4, 0.5) is 0 Å². The highest BCUT2D eigenvalue weighted by Crippen LogP contribution is 2.10. The van der Waals surface area contributed by atoms with E-state index in [9.17, 15) is 4.79 Å². The monoisotopic (exact) mass is 258 g/mol. The van der Waals surface area contributed by atoms with Gasteiger partial charge in [-0.1, -0.05) is 0 Å². The molecule has 0 saturated heterocycles. The SMILES string of the molecule is CC(N)CCCNC(=O)c1ccc2nccnc2c1. The van der Waals surface area contributed by atoms with Crippen LogP contribution in [-0.4, -0.2) is 28.5 Å². The van der Waals surface area contributed by atoms with Gasteiger partial charge < -0.3 is 11.1 Å². The van der Waals surface area contributed by atoms with E-state index in [1.54, 1.807) is 30.6 Å². The van der Waals surface area contributed by atoms with Gasteiger partial charge in [0.25, 0.3) is 5.91 Å². The Labute approximate surface area is 112 Å². The van der Waals surface area contributed by atoms with Crippen molar-refractivity contribution in [1.29, 1.82) is 0 Å². The van der Waals surface area contributed by atoms with E-state index >= 15 is 0 Å². The Bertz CT molecular complexity index is 568. The van der Waals surface area contributed by atoms with E-state index in [2.05, 4.69) is 15.3 Å². The third-order valence-electron chi connectivity index (χ3n) is 2.85. The van der Waals surface area contributed by atoms with E-state index in [0.717, 1.165) is 23.9 Å². The molecule has 2 rings (SSSR count). The molecular weight excluding hydrogens is 240 g/mol. The summed E-state index contributed by atoms with van der Waals surface area (Å²) in [6.45, 7) is 2.60. The van der Waals surface area contributed by atoms with Crippen molar-refractivity contribution in [2.75, 3.05) is 6.54 Å². The number of fused-ring (bicyclic) bond motifs is 1. The van der Waals surface area contributed by atoms with Crippen LogP contribution in [0.2, 0.25) is 0 Å². The zero-order valence-electron chi connectivity index (χ0n) is 11.0. The van der Waals surface area contributed by atoms with Crippen LogP contribution < -0.4 is 11.1 Å². The minimum Gasteiger partial charge on any atom is -0.352 e. The number of nitrogens with one attached hydrogen (secondary N) is 1. The maximum atomic E-state index is 11.9. The summed E-state index contributed by atoms with van der Waals surface area (Å²) in [4.78, 5) is 20.3. The van der Waals surface area contributed by atoms with Crippen LogP contribution in [0.5, 0.6) is 0 Å². The van der Waals surface area contributed by atoms with Crippen LogP contribution in [0, 0.1) is 0 Å². The van der Waals surface area contributed by atoms with Gasteiger partial charge in [0, 0.05) is 30.5 Å². The van der Waals surface area contributed by atoms with Crippen LogP contribution in [-0.2, 0) is 0 Å². The van der Waals surface area contributed by atoms with Gasteiger partial charge in [-0.2, -0.15) is 0 Å². The van der Waals surface area contributed by atoms with E-state index in [1.165, 1.54) is 0 Å². The summed E-state index contributed by atoms with van der Waals surface area (Å²) < 4.78 is 0. The molecule has 1 heterocycles. The number of carbonyl (C=O) groups excluding carboxylic acids is 1. The Morgan fingerprint density at radius 1 is 1.32 bits per heavy atom. The molecule has 0 aliphatic carbocycles. The summed E-state index contributed by atoms with van der Waals surface area (Å²) in [6, 6.07) is 5.49. The van der Waals surface area contributed by atoms with Crippen LogP contribution in [0.3, 0.4) is 0 Å². The van der Waals surface area contributed by atoms with Crippen LogP contribution in [0.25, 0.3) is 11.0 Å². The first kappa shape index (κ1) is 13.4. The minimum atomic E-state index is -0.0859. The number of amides is 1. The molecule has 1 aromatic carbocycles. The second-order valence-corrected chi connectivity index (χ2v) is 4.64. The number of hydrogen-bond donors (Lipinski definition) is 2. The molecule has 5 heteroatoms. The van der Waals surface area contributed by atoms with Gasteiger partial charge in [0.2, 0.25) is 0 Å². The van der Waals surface area contributed by atoms with Gasteiger partial charge in [-0.15, -0.1) is 0 Å². The molecule has 0 spiro atoms. The first-order chi connectivity index (χ1) is 9.16. The highest BCUT2D eigenvalue weighted by atomic mass is 16.1. The highest BCUT2D eigenvalue weighted by molar-refractivity contribution is 5.97. The van der Waals surface area contributed by atoms with E-state index in [4.69, 9.17) is 5.73 Å². The molecule has 0 aliphatic heterocycles. The summed E-state index contributed by atoms with van der Waals surface area (Å²) in [5.74, 6) is -0.0859. The van der Waals surface area contributed by atoms with Gasteiger partial charge in [0.1, 0.15) is 0 Å². The molecule has 1 unspecified atom stereocenters. The van der Waals surface area contributed by atoms with Gasteiger partial charge in [0.15, 0.2) is 0 Å². The van der Waals surface area contributed by atoms with E-state index < -0.39 is 0 Å². The second kappa shape index (κ2) is 6.24. The molecule has 0 bridgehead atoms. The molecule has 0 saturated carbocycles. The normalized spacial score (nSPS) is 12.3. The predicted octanol–water partition coefficient (Wildman–Crippen LogP) is 1.49. The highest BCUT2D eigenvalue weighted by Gasteiger charge is 2.06. The molecule has 2 aromatic rings. The van der Waals surface area contributed by atoms with Crippen LogP contribution in [0.15, 0.2) is 30.6 Å². The van der Waals surface area contributed by atoms with Gasteiger partial charge in [0.05, 0.1) is 11.0 Å². The van der Waals surface area contributed by atoms with Crippen molar-refractivity contribution in [2.24, 2.45) is 5.73 Å². The van der Waals surface area contributed by atoms with Crippen LogP contribution in [0.1, 0.15) is 30.1 Å². The Morgan fingerprint density at radius 3 is 2.79 bits per heavy atom. The summed E-state index contributed by atoms with van der Waals surface area (Å²) in [6.07, 6.45) is 5.04. The van der Waals surface area contributed by atoms with Gasteiger partial charge in [-0.3, -0.25) is 14.8 Å². The summed E-state index contributed by atoms with van der Waals surface area (Å²) >= 11 is 0. The van der Waals surface area contributed by atoms with Crippen molar-refractivity contribution in [3.63, 3.8) is 0 Å². The van der Waals surface area contributed by atoms with Gasteiger partial charge >= 0.3 is 0 Å². The quantitative estimate of drug-likeness (QED) is 0.796.